The number of aliphatic hydroxyl groups excluding tert-OH is 2. The Morgan fingerprint density at radius 3 is 2.45 bits per heavy atom. The number of amides is 1. The SMILES string of the molecule is CN(C)[C@@H]1C(O)=C(C(N)=O)C(=O)C2C(O)=C3C(=O)c4c(O)c(Br)c(CN5CCOCC5)c(F)c4C[C@H]3CC21. The van der Waals surface area contributed by atoms with Gasteiger partial charge >= 0.3 is 0 Å². The van der Waals surface area contributed by atoms with Crippen molar-refractivity contribution in [3.8, 4) is 5.75 Å². The molecule has 2 unspecified atom stereocenters. The van der Waals surface area contributed by atoms with Crippen molar-refractivity contribution in [1.82, 2.24) is 9.80 Å². The molecule has 12 heteroatoms. The first kappa shape index (κ1) is 26.8. The zero-order chi connectivity index (χ0) is 27.6. The third-order valence-corrected chi connectivity index (χ3v) is 9.04. The van der Waals surface area contributed by atoms with Crippen molar-refractivity contribution in [1.29, 1.82) is 0 Å². The topological polar surface area (TPSA) is 154 Å². The van der Waals surface area contributed by atoms with E-state index in [1.807, 2.05) is 4.90 Å². The number of hydrogen-bond acceptors (Lipinski definition) is 9. The van der Waals surface area contributed by atoms with Crippen molar-refractivity contribution in [2.45, 2.75) is 25.4 Å². The van der Waals surface area contributed by atoms with Gasteiger partial charge in [-0.15, -0.1) is 0 Å². The molecule has 5 N–H and O–H groups in total. The maximum atomic E-state index is 16.0. The molecule has 10 nitrogen and oxygen atoms in total. The van der Waals surface area contributed by atoms with Gasteiger partial charge in [0.25, 0.3) is 5.91 Å². The average Bonchev–Trinajstić information content (AvgIpc) is 2.85. The first-order valence-electron chi connectivity index (χ1n) is 12.4. The van der Waals surface area contributed by atoms with Gasteiger partial charge in [-0.05, 0) is 54.7 Å². The van der Waals surface area contributed by atoms with Crippen LogP contribution in [0.3, 0.4) is 0 Å². The molecule has 38 heavy (non-hydrogen) atoms. The summed E-state index contributed by atoms with van der Waals surface area (Å²) in [6.07, 6.45) is 0.170. The lowest BCUT2D eigenvalue weighted by Gasteiger charge is -2.46. The van der Waals surface area contributed by atoms with Crippen LogP contribution in [-0.2, 0) is 27.3 Å². The summed E-state index contributed by atoms with van der Waals surface area (Å²) in [7, 11) is 3.30. The summed E-state index contributed by atoms with van der Waals surface area (Å²) in [5.41, 5.74) is 4.72. The number of aliphatic hydroxyl groups is 2. The number of hydrogen-bond donors (Lipinski definition) is 4. The van der Waals surface area contributed by atoms with Crippen molar-refractivity contribution >= 4 is 33.4 Å². The molecule has 1 fully saturated rings. The number of allylic oxidation sites excluding steroid dienone is 2. The van der Waals surface area contributed by atoms with Crippen LogP contribution in [0.4, 0.5) is 4.39 Å². The van der Waals surface area contributed by atoms with Crippen LogP contribution in [0.5, 0.6) is 5.75 Å². The molecule has 1 aromatic carbocycles. The molecular weight excluding hydrogens is 565 g/mol. The van der Waals surface area contributed by atoms with Crippen LogP contribution < -0.4 is 5.73 Å². The molecule has 204 valence electrons. The summed E-state index contributed by atoms with van der Waals surface area (Å²) in [5, 5.41) is 33.1. The van der Waals surface area contributed by atoms with Gasteiger partial charge in [0.15, 0.2) is 11.6 Å². The van der Waals surface area contributed by atoms with E-state index in [9.17, 15) is 29.7 Å². The Morgan fingerprint density at radius 2 is 1.84 bits per heavy atom. The van der Waals surface area contributed by atoms with E-state index in [0.717, 1.165) is 0 Å². The van der Waals surface area contributed by atoms with Gasteiger partial charge in [-0.1, -0.05) is 0 Å². The van der Waals surface area contributed by atoms with Crippen LogP contribution in [0.2, 0.25) is 0 Å². The third-order valence-electron chi connectivity index (χ3n) is 8.19. The fourth-order valence-corrected chi connectivity index (χ4v) is 7.01. The van der Waals surface area contributed by atoms with Crippen molar-refractivity contribution in [2.75, 3.05) is 40.4 Å². The van der Waals surface area contributed by atoms with E-state index in [2.05, 4.69) is 15.9 Å². The lowest BCUT2D eigenvalue weighted by atomic mass is 9.61. The zero-order valence-corrected chi connectivity index (χ0v) is 22.5. The third kappa shape index (κ3) is 3.96. The second kappa shape index (κ2) is 9.74. The molecule has 1 amide bonds. The number of benzene rings is 1. The van der Waals surface area contributed by atoms with Crippen LogP contribution in [0.15, 0.2) is 27.1 Å². The molecule has 5 rings (SSSR count). The fourth-order valence-electron chi connectivity index (χ4n) is 6.51. The minimum atomic E-state index is -1.28. The first-order valence-corrected chi connectivity index (χ1v) is 13.2. The van der Waals surface area contributed by atoms with E-state index in [0.29, 0.717) is 26.3 Å². The molecule has 0 radical (unpaired) electrons. The Balaban J connectivity index is 1.61. The van der Waals surface area contributed by atoms with Crippen LogP contribution >= 0.6 is 15.9 Å². The summed E-state index contributed by atoms with van der Waals surface area (Å²) in [6, 6.07) is -0.833. The van der Waals surface area contributed by atoms with Crippen LogP contribution in [0.1, 0.15) is 27.9 Å². The van der Waals surface area contributed by atoms with Crippen molar-refractivity contribution in [3.63, 3.8) is 0 Å². The number of nitrogens with zero attached hydrogens (tertiary/aromatic N) is 2. The lowest BCUT2D eigenvalue weighted by Crippen LogP contribution is -2.53. The van der Waals surface area contributed by atoms with E-state index in [1.165, 1.54) is 0 Å². The van der Waals surface area contributed by atoms with Crippen molar-refractivity contribution in [2.24, 2.45) is 23.5 Å². The van der Waals surface area contributed by atoms with Crippen LogP contribution in [0, 0.1) is 23.6 Å². The number of fused-ring (bicyclic) bond motifs is 3. The summed E-state index contributed by atoms with van der Waals surface area (Å²) in [6.45, 7) is 2.42. The van der Waals surface area contributed by atoms with Gasteiger partial charge in [0.05, 0.1) is 35.2 Å². The Morgan fingerprint density at radius 1 is 1.18 bits per heavy atom. The van der Waals surface area contributed by atoms with E-state index >= 15 is 4.39 Å². The normalized spacial score (nSPS) is 27.9. The minimum absolute atomic E-state index is 0.00790. The number of rotatable bonds is 4. The smallest absolute Gasteiger partial charge is 0.255 e. The van der Waals surface area contributed by atoms with E-state index in [4.69, 9.17) is 10.5 Å². The monoisotopic (exact) mass is 593 g/mol. The largest absolute Gasteiger partial charge is 0.511 e. The molecule has 0 spiro atoms. The van der Waals surface area contributed by atoms with Gasteiger partial charge in [0.2, 0.25) is 0 Å². The summed E-state index contributed by atoms with van der Waals surface area (Å²) in [4.78, 5) is 42.6. The number of likely N-dealkylation sites (N-methyl/N-ethyl adjacent to an activating group) is 1. The highest BCUT2D eigenvalue weighted by Crippen LogP contribution is 2.51. The molecule has 1 aliphatic heterocycles. The first-order chi connectivity index (χ1) is 18.0. The molecule has 1 saturated heterocycles. The second-order valence-corrected chi connectivity index (χ2v) is 11.3. The molecule has 0 saturated carbocycles. The maximum absolute atomic E-state index is 16.0. The number of Topliss-reactive ketones (excluding diaryl/α,β-unsaturated/α-hetero) is 2. The fraction of sp³-hybridized carbons (Fsp3) is 0.500. The van der Waals surface area contributed by atoms with E-state index in [-0.39, 0.29) is 46.1 Å². The number of phenolic OH excluding ortho intramolecular Hbond substituents is 1. The van der Waals surface area contributed by atoms with E-state index < -0.39 is 69.9 Å². The van der Waals surface area contributed by atoms with E-state index in [1.54, 1.807) is 19.0 Å². The van der Waals surface area contributed by atoms with Gasteiger partial charge in [-0.3, -0.25) is 24.2 Å². The Kier molecular flexibility index (Phi) is 6.87. The van der Waals surface area contributed by atoms with Gasteiger partial charge in [0.1, 0.15) is 28.7 Å². The summed E-state index contributed by atoms with van der Waals surface area (Å²) < 4.78 is 21.4. The molecular formula is C26H29BrFN3O7. The number of primary amides is 1. The molecule has 0 bridgehead atoms. The Hall–Kier alpha value is -2.80. The number of halogens is 2. The average molecular weight is 594 g/mol. The van der Waals surface area contributed by atoms with Crippen molar-refractivity contribution < 1.29 is 38.8 Å². The second-order valence-electron chi connectivity index (χ2n) is 10.5. The van der Waals surface area contributed by atoms with Gasteiger partial charge in [-0.25, -0.2) is 4.39 Å². The molecule has 0 aromatic heterocycles. The van der Waals surface area contributed by atoms with Gasteiger partial charge in [0, 0.05) is 36.3 Å². The summed E-state index contributed by atoms with van der Waals surface area (Å²) in [5.74, 6) is -7.44. The number of carbonyl (C=O) groups is 3. The minimum Gasteiger partial charge on any atom is -0.511 e. The van der Waals surface area contributed by atoms with Gasteiger partial charge < -0.3 is 25.8 Å². The quantitative estimate of drug-likeness (QED) is 0.382. The molecule has 3 aliphatic carbocycles. The number of morpholine rings is 1. The van der Waals surface area contributed by atoms with Crippen molar-refractivity contribution in [3.05, 3.63) is 49.6 Å². The lowest BCUT2D eigenvalue weighted by molar-refractivity contribution is -0.127. The molecule has 1 heterocycles. The number of carbonyl (C=O) groups excluding carboxylic acids is 3. The predicted octanol–water partition coefficient (Wildman–Crippen LogP) is 1.74. The number of aromatic hydroxyl groups is 1. The highest BCUT2D eigenvalue weighted by Gasteiger charge is 2.54. The predicted molar refractivity (Wildman–Crippen MR) is 136 cm³/mol. The Bertz CT molecular complexity index is 1320. The Labute approximate surface area is 226 Å². The number of nitrogens with two attached hydrogens (primary N) is 1. The maximum Gasteiger partial charge on any atom is 0.255 e. The highest BCUT2D eigenvalue weighted by atomic mass is 79.9. The zero-order valence-electron chi connectivity index (χ0n) is 21.0. The van der Waals surface area contributed by atoms with Crippen LogP contribution in [0.25, 0.3) is 0 Å². The molecule has 1 aromatic rings. The number of phenols is 1. The highest BCUT2D eigenvalue weighted by molar-refractivity contribution is 9.10. The number of ketones is 2. The molecule has 4 aliphatic rings. The van der Waals surface area contributed by atoms with Crippen LogP contribution in [-0.4, -0.2) is 89.0 Å². The summed E-state index contributed by atoms with van der Waals surface area (Å²) >= 11 is 3.26. The van der Waals surface area contributed by atoms with Gasteiger partial charge in [-0.2, -0.15) is 0 Å². The standard InChI is InChI=1S/C26H29BrFN3O7/c1-30(2)20-12-8-10-7-11-15(24(35)18(27)13(19(11)28)9-31-3-5-38-6-4-31)21(32)14(10)22(33)16(12)23(34)17(25(20)36)26(29)37/h10,12,16,20,33,35-36H,3-9H2,1-2H3,(H2,29,37)/t10-,12?,16?,20-/m0/s1. The number of ether oxygens (including phenoxy) is 1. The molecule has 4 atom stereocenters.